The lowest BCUT2D eigenvalue weighted by Gasteiger charge is -2.08. The minimum absolute atomic E-state index is 0.0264. The number of azo groups is 1. The summed E-state index contributed by atoms with van der Waals surface area (Å²) in [4.78, 5) is 24.7. The number of phenolic OH excluding ortho intramolecular Hbond substituents is 1. The van der Waals surface area contributed by atoms with E-state index in [2.05, 4.69) is 10.2 Å². The van der Waals surface area contributed by atoms with Gasteiger partial charge in [0.25, 0.3) is 11.8 Å². The van der Waals surface area contributed by atoms with Gasteiger partial charge in [0, 0.05) is 21.4 Å². The number of aromatic nitrogens is 1. The molecule has 4 aromatic rings. The molecule has 34 heavy (non-hydrogen) atoms. The lowest BCUT2D eigenvalue weighted by atomic mass is 10.1. The van der Waals surface area contributed by atoms with Crippen LogP contribution in [-0.4, -0.2) is 38.3 Å². The summed E-state index contributed by atoms with van der Waals surface area (Å²) in [5.74, 6) is -2.02. The summed E-state index contributed by atoms with van der Waals surface area (Å²) >= 11 is 5.82. The van der Waals surface area contributed by atoms with Crippen LogP contribution in [-0.2, 0) is 0 Å². The largest absolute Gasteiger partial charge is 0.507 e. The standard InChI is InChI=1S/C24H18ClN3O6/c1-2-34-16-7-5-15(6-8-16)28-23(32)17-9-3-13(11-18(17)24(28)33)21(30)26-27-22(31)19-12-14(25)4-10-20(19)29/h3-12,29,32-33H,2H2,1H3. The molecule has 0 atom stereocenters. The Hall–Kier alpha value is -4.37. The average molecular weight is 480 g/mol. The van der Waals surface area contributed by atoms with Gasteiger partial charge in [0.1, 0.15) is 11.5 Å². The number of nitrogens with zero attached hydrogens (tertiary/aromatic N) is 3. The Morgan fingerprint density at radius 2 is 1.56 bits per heavy atom. The summed E-state index contributed by atoms with van der Waals surface area (Å²) in [6, 6.07) is 14.7. The zero-order valence-corrected chi connectivity index (χ0v) is 18.5. The van der Waals surface area contributed by atoms with Crippen molar-refractivity contribution in [2.45, 2.75) is 6.92 Å². The van der Waals surface area contributed by atoms with E-state index >= 15 is 0 Å². The zero-order chi connectivity index (χ0) is 24.4. The quantitative estimate of drug-likeness (QED) is 0.335. The lowest BCUT2D eigenvalue weighted by Crippen LogP contribution is -1.98. The van der Waals surface area contributed by atoms with Crippen molar-refractivity contribution in [1.29, 1.82) is 0 Å². The van der Waals surface area contributed by atoms with Gasteiger partial charge in [-0.1, -0.05) is 11.6 Å². The molecule has 4 rings (SSSR count). The fraction of sp³-hybridized carbons (Fsp3) is 0.0833. The van der Waals surface area contributed by atoms with Gasteiger partial charge in [-0.3, -0.25) is 14.2 Å². The van der Waals surface area contributed by atoms with E-state index in [0.717, 1.165) is 0 Å². The molecule has 3 aromatic carbocycles. The summed E-state index contributed by atoms with van der Waals surface area (Å²) in [6.45, 7) is 2.36. The molecule has 0 aliphatic rings. The summed E-state index contributed by atoms with van der Waals surface area (Å²) < 4.78 is 6.63. The predicted molar refractivity (Wildman–Crippen MR) is 124 cm³/mol. The Kier molecular flexibility index (Phi) is 6.20. The minimum Gasteiger partial charge on any atom is -0.507 e. The number of benzene rings is 3. The maximum Gasteiger partial charge on any atom is 0.299 e. The highest BCUT2D eigenvalue weighted by atomic mass is 35.5. The number of carbonyl (C=O) groups excluding carboxylic acids is 2. The molecule has 1 heterocycles. The molecule has 2 amide bonds. The number of carbonyl (C=O) groups is 2. The first-order valence-corrected chi connectivity index (χ1v) is 10.5. The van der Waals surface area contributed by atoms with Gasteiger partial charge in [0.15, 0.2) is 0 Å². The van der Waals surface area contributed by atoms with Gasteiger partial charge >= 0.3 is 0 Å². The van der Waals surface area contributed by atoms with Crippen molar-refractivity contribution in [2.75, 3.05) is 6.61 Å². The third-order valence-corrected chi connectivity index (χ3v) is 5.23. The first-order valence-electron chi connectivity index (χ1n) is 10.1. The van der Waals surface area contributed by atoms with Crippen molar-refractivity contribution in [3.63, 3.8) is 0 Å². The number of rotatable bonds is 5. The summed E-state index contributed by atoms with van der Waals surface area (Å²) in [6.07, 6.45) is 0. The molecule has 3 N–H and O–H groups in total. The van der Waals surface area contributed by atoms with E-state index in [1.54, 1.807) is 24.3 Å². The number of amides is 2. The van der Waals surface area contributed by atoms with Crippen LogP contribution >= 0.6 is 11.6 Å². The topological polar surface area (TPSA) is 134 Å². The van der Waals surface area contributed by atoms with Crippen molar-refractivity contribution < 1.29 is 29.6 Å². The third kappa shape index (κ3) is 4.28. The summed E-state index contributed by atoms with van der Waals surface area (Å²) in [7, 11) is 0. The second kappa shape index (κ2) is 9.24. The predicted octanol–water partition coefficient (Wildman–Crippen LogP) is 5.23. The normalized spacial score (nSPS) is 11.2. The number of hydrogen-bond donors (Lipinski definition) is 3. The number of ether oxygens (including phenoxy) is 1. The van der Waals surface area contributed by atoms with Crippen LogP contribution in [0.3, 0.4) is 0 Å². The molecule has 0 fully saturated rings. The Balaban J connectivity index is 1.64. The molecule has 0 aliphatic heterocycles. The third-order valence-electron chi connectivity index (χ3n) is 5.00. The van der Waals surface area contributed by atoms with Crippen LogP contribution in [0.2, 0.25) is 5.02 Å². The monoisotopic (exact) mass is 479 g/mol. The van der Waals surface area contributed by atoms with E-state index < -0.39 is 11.8 Å². The van der Waals surface area contributed by atoms with Crippen LogP contribution in [0.1, 0.15) is 27.6 Å². The van der Waals surface area contributed by atoms with Crippen molar-refractivity contribution >= 4 is 34.2 Å². The van der Waals surface area contributed by atoms with Gasteiger partial charge in [-0.05, 0) is 67.6 Å². The van der Waals surface area contributed by atoms with Gasteiger partial charge in [-0.2, -0.15) is 0 Å². The summed E-state index contributed by atoms with van der Waals surface area (Å²) in [5, 5.41) is 38.6. The van der Waals surface area contributed by atoms with E-state index in [1.807, 2.05) is 6.92 Å². The van der Waals surface area contributed by atoms with E-state index in [4.69, 9.17) is 16.3 Å². The average Bonchev–Trinajstić information content (AvgIpc) is 3.09. The molecule has 0 aliphatic carbocycles. The van der Waals surface area contributed by atoms with Crippen LogP contribution in [0.15, 0.2) is 70.9 Å². The maximum absolute atomic E-state index is 12.5. The molecule has 0 saturated carbocycles. The highest BCUT2D eigenvalue weighted by molar-refractivity contribution is 6.31. The molecule has 0 unspecified atom stereocenters. The molecule has 1 aromatic heterocycles. The number of fused-ring (bicyclic) bond motifs is 1. The number of aromatic hydroxyl groups is 3. The molecule has 0 radical (unpaired) electrons. The van der Waals surface area contributed by atoms with E-state index in [0.29, 0.717) is 23.4 Å². The van der Waals surface area contributed by atoms with Gasteiger partial charge in [0.2, 0.25) is 11.8 Å². The second-order valence-corrected chi connectivity index (χ2v) is 7.58. The summed E-state index contributed by atoms with van der Waals surface area (Å²) in [5.41, 5.74) is 0.308. The van der Waals surface area contributed by atoms with Gasteiger partial charge in [-0.25, -0.2) is 0 Å². The SMILES string of the molecule is CCOc1ccc(-n2c(O)c3ccc(C(=O)N=NC(=O)c4cc(Cl)ccc4O)cc3c2O)cc1. The lowest BCUT2D eigenvalue weighted by molar-refractivity contribution is 0.0945. The Morgan fingerprint density at radius 1 is 0.882 bits per heavy atom. The van der Waals surface area contributed by atoms with Gasteiger partial charge < -0.3 is 20.1 Å². The van der Waals surface area contributed by atoms with Crippen molar-refractivity contribution in [3.8, 4) is 28.9 Å². The minimum atomic E-state index is -0.948. The molecule has 0 spiro atoms. The highest BCUT2D eigenvalue weighted by Crippen LogP contribution is 2.39. The van der Waals surface area contributed by atoms with E-state index in [1.165, 1.54) is 41.0 Å². The Bertz CT molecular complexity index is 1440. The van der Waals surface area contributed by atoms with Crippen LogP contribution in [0.4, 0.5) is 0 Å². The number of hydrogen-bond acceptors (Lipinski definition) is 6. The smallest absolute Gasteiger partial charge is 0.299 e. The molecule has 0 bridgehead atoms. The van der Waals surface area contributed by atoms with Crippen molar-refractivity contribution in [1.82, 2.24) is 4.57 Å². The highest BCUT2D eigenvalue weighted by Gasteiger charge is 2.19. The first kappa shape index (κ1) is 22.8. The molecular formula is C24H18ClN3O6. The Morgan fingerprint density at radius 3 is 2.26 bits per heavy atom. The van der Waals surface area contributed by atoms with Crippen LogP contribution in [0.5, 0.6) is 23.3 Å². The van der Waals surface area contributed by atoms with Crippen molar-refractivity contribution in [3.05, 3.63) is 76.8 Å². The maximum atomic E-state index is 12.5. The zero-order valence-electron chi connectivity index (χ0n) is 17.8. The molecule has 0 saturated heterocycles. The van der Waals surface area contributed by atoms with Crippen LogP contribution in [0, 0.1) is 0 Å². The fourth-order valence-electron chi connectivity index (χ4n) is 3.38. The van der Waals surface area contributed by atoms with E-state index in [-0.39, 0.29) is 39.0 Å². The van der Waals surface area contributed by atoms with Crippen molar-refractivity contribution in [2.24, 2.45) is 10.2 Å². The van der Waals surface area contributed by atoms with Crippen LogP contribution in [0.25, 0.3) is 16.5 Å². The molecule has 9 nitrogen and oxygen atoms in total. The fourth-order valence-corrected chi connectivity index (χ4v) is 3.56. The Labute approximate surface area is 198 Å². The molecule has 172 valence electrons. The second-order valence-electron chi connectivity index (χ2n) is 7.14. The molecule has 10 heteroatoms. The number of phenols is 1. The first-order chi connectivity index (χ1) is 16.3. The van der Waals surface area contributed by atoms with Gasteiger partial charge in [-0.15, -0.1) is 10.2 Å². The molecular weight excluding hydrogens is 462 g/mol. The van der Waals surface area contributed by atoms with E-state index in [9.17, 15) is 24.9 Å². The van der Waals surface area contributed by atoms with Gasteiger partial charge in [0.05, 0.1) is 17.9 Å². The number of halogens is 1. The van der Waals surface area contributed by atoms with Crippen LogP contribution < -0.4 is 4.74 Å².